The number of hydroxylamine groups is 2. The number of hydrogen-bond acceptors (Lipinski definition) is 2. The molecule has 0 heterocycles. The third-order valence-corrected chi connectivity index (χ3v) is 5.23. The van der Waals surface area contributed by atoms with E-state index >= 15 is 0 Å². The van der Waals surface area contributed by atoms with Crippen LogP contribution in [0.4, 0.5) is 0 Å². The summed E-state index contributed by atoms with van der Waals surface area (Å²) in [7, 11) is 0. The highest BCUT2D eigenvalue weighted by atomic mass is 16.5. The third-order valence-electron chi connectivity index (χ3n) is 5.23. The summed E-state index contributed by atoms with van der Waals surface area (Å²) in [5.74, 6) is 0.681. The van der Waals surface area contributed by atoms with Gasteiger partial charge in [0.2, 0.25) is 0 Å². The number of nitrogens with zero attached hydrogens (tertiary/aromatic N) is 1. The molecule has 152 valence electrons. The summed E-state index contributed by atoms with van der Waals surface area (Å²) in [6.45, 7) is 8.39. The van der Waals surface area contributed by atoms with Crippen LogP contribution in [0, 0.1) is 5.92 Å². The summed E-state index contributed by atoms with van der Waals surface area (Å²) in [5.41, 5.74) is 0. The molecule has 0 spiro atoms. The maximum atomic E-state index is 9.75. The van der Waals surface area contributed by atoms with Crippen molar-refractivity contribution in [3.63, 3.8) is 0 Å². The van der Waals surface area contributed by atoms with Gasteiger partial charge in [0.05, 0.1) is 0 Å². The first-order chi connectivity index (χ1) is 12.2. The second-order valence-electron chi connectivity index (χ2n) is 8.44. The van der Waals surface area contributed by atoms with Gasteiger partial charge in [-0.3, -0.25) is 0 Å². The fourth-order valence-electron chi connectivity index (χ4n) is 3.36. The first-order valence-electron chi connectivity index (χ1n) is 11.6. The average molecular weight is 356 g/mol. The molecule has 0 saturated heterocycles. The minimum atomic E-state index is 0.681. The first kappa shape index (κ1) is 24.9. The maximum Gasteiger partial charge on any atom is 0.0240 e. The van der Waals surface area contributed by atoms with Gasteiger partial charge in [-0.05, 0) is 18.8 Å². The van der Waals surface area contributed by atoms with Crippen LogP contribution in [0.1, 0.15) is 130 Å². The molecule has 0 atom stereocenters. The first-order valence-corrected chi connectivity index (χ1v) is 11.6. The van der Waals surface area contributed by atoms with Crippen LogP contribution in [0.25, 0.3) is 0 Å². The van der Waals surface area contributed by atoms with Gasteiger partial charge in [0.1, 0.15) is 0 Å². The molecular formula is C23H49NO. The van der Waals surface area contributed by atoms with E-state index in [0.717, 1.165) is 25.9 Å². The van der Waals surface area contributed by atoms with Crippen molar-refractivity contribution in [2.45, 2.75) is 130 Å². The summed E-state index contributed by atoms with van der Waals surface area (Å²) < 4.78 is 0. The van der Waals surface area contributed by atoms with E-state index in [2.05, 4.69) is 20.8 Å². The summed E-state index contributed by atoms with van der Waals surface area (Å²) in [5, 5.41) is 11.3. The molecule has 0 amide bonds. The minimum Gasteiger partial charge on any atom is -0.314 e. The van der Waals surface area contributed by atoms with Crippen LogP contribution < -0.4 is 0 Å². The Bertz CT molecular complexity index is 242. The standard InChI is InChI=1S/C23H49NO/c1-4-5-6-7-8-9-10-11-12-13-14-15-16-17-18-19-21-24(25)22-20-23(2)3/h23,25H,4-22H2,1-3H3. The second-order valence-corrected chi connectivity index (χ2v) is 8.44. The Hall–Kier alpha value is -0.0800. The van der Waals surface area contributed by atoms with Gasteiger partial charge in [-0.2, -0.15) is 5.06 Å². The van der Waals surface area contributed by atoms with Gasteiger partial charge in [-0.1, -0.05) is 117 Å². The molecule has 0 unspecified atom stereocenters. The Kier molecular flexibility index (Phi) is 20.2. The summed E-state index contributed by atoms with van der Waals surface area (Å²) in [6.07, 6.45) is 23.5. The Morgan fingerprint density at radius 1 is 0.560 bits per heavy atom. The molecule has 0 saturated carbocycles. The van der Waals surface area contributed by atoms with E-state index in [9.17, 15) is 5.21 Å². The molecule has 0 bridgehead atoms. The quantitative estimate of drug-likeness (QED) is 0.177. The van der Waals surface area contributed by atoms with Gasteiger partial charge in [0.15, 0.2) is 0 Å². The van der Waals surface area contributed by atoms with Crippen molar-refractivity contribution in [2.75, 3.05) is 13.1 Å². The third kappa shape index (κ3) is 21.9. The molecule has 0 aromatic rings. The van der Waals surface area contributed by atoms with E-state index in [1.807, 2.05) is 0 Å². The van der Waals surface area contributed by atoms with Gasteiger partial charge >= 0.3 is 0 Å². The highest BCUT2D eigenvalue weighted by molar-refractivity contribution is 4.53. The Morgan fingerprint density at radius 2 is 0.920 bits per heavy atom. The fraction of sp³-hybridized carbons (Fsp3) is 1.00. The second kappa shape index (κ2) is 20.2. The van der Waals surface area contributed by atoms with Crippen molar-refractivity contribution in [3.05, 3.63) is 0 Å². The predicted molar refractivity (Wildman–Crippen MR) is 112 cm³/mol. The summed E-state index contributed by atoms with van der Waals surface area (Å²) in [4.78, 5) is 0. The number of rotatable bonds is 20. The lowest BCUT2D eigenvalue weighted by Gasteiger charge is -2.15. The largest absolute Gasteiger partial charge is 0.314 e. The monoisotopic (exact) mass is 355 g/mol. The lowest BCUT2D eigenvalue weighted by Crippen LogP contribution is -2.22. The normalized spacial score (nSPS) is 11.8. The molecule has 0 aromatic carbocycles. The average Bonchev–Trinajstić information content (AvgIpc) is 2.59. The highest BCUT2D eigenvalue weighted by Gasteiger charge is 2.02. The van der Waals surface area contributed by atoms with Crippen LogP contribution in [-0.4, -0.2) is 23.4 Å². The van der Waals surface area contributed by atoms with Crippen molar-refractivity contribution in [3.8, 4) is 0 Å². The zero-order valence-corrected chi connectivity index (χ0v) is 17.9. The van der Waals surface area contributed by atoms with Crippen LogP contribution in [-0.2, 0) is 0 Å². The highest BCUT2D eigenvalue weighted by Crippen LogP contribution is 2.13. The molecule has 0 rings (SSSR count). The summed E-state index contributed by atoms with van der Waals surface area (Å²) in [6, 6.07) is 0. The van der Waals surface area contributed by atoms with E-state index in [1.54, 1.807) is 0 Å². The fourth-order valence-corrected chi connectivity index (χ4v) is 3.36. The van der Waals surface area contributed by atoms with Gasteiger partial charge in [-0.25, -0.2) is 0 Å². The molecule has 2 heteroatoms. The SMILES string of the molecule is CCCCCCCCCCCCCCCCCCN(O)CCC(C)C. The molecule has 0 aromatic heterocycles. The molecule has 25 heavy (non-hydrogen) atoms. The van der Waals surface area contributed by atoms with Crippen molar-refractivity contribution in [1.82, 2.24) is 5.06 Å². The zero-order chi connectivity index (χ0) is 18.6. The summed E-state index contributed by atoms with van der Waals surface area (Å²) >= 11 is 0. The number of hydrogen-bond donors (Lipinski definition) is 1. The molecular weight excluding hydrogens is 306 g/mol. The van der Waals surface area contributed by atoms with Crippen molar-refractivity contribution >= 4 is 0 Å². The van der Waals surface area contributed by atoms with Gasteiger partial charge in [-0.15, -0.1) is 0 Å². The van der Waals surface area contributed by atoms with Crippen LogP contribution in [0.5, 0.6) is 0 Å². The molecule has 0 aliphatic heterocycles. The van der Waals surface area contributed by atoms with Gasteiger partial charge < -0.3 is 5.21 Å². The minimum absolute atomic E-state index is 0.681. The van der Waals surface area contributed by atoms with Gasteiger partial charge in [0, 0.05) is 13.1 Å². The maximum absolute atomic E-state index is 9.75. The Labute approximate surface area is 159 Å². The van der Waals surface area contributed by atoms with Crippen molar-refractivity contribution < 1.29 is 5.21 Å². The molecule has 0 fully saturated rings. The van der Waals surface area contributed by atoms with E-state index < -0.39 is 0 Å². The van der Waals surface area contributed by atoms with Crippen LogP contribution in [0.2, 0.25) is 0 Å². The smallest absolute Gasteiger partial charge is 0.0240 e. The van der Waals surface area contributed by atoms with E-state index in [-0.39, 0.29) is 0 Å². The lowest BCUT2D eigenvalue weighted by atomic mass is 10.0. The van der Waals surface area contributed by atoms with Crippen LogP contribution in [0.3, 0.4) is 0 Å². The predicted octanol–water partition coefficient (Wildman–Crippen LogP) is 7.99. The van der Waals surface area contributed by atoms with Crippen LogP contribution >= 0.6 is 0 Å². The van der Waals surface area contributed by atoms with Crippen molar-refractivity contribution in [1.29, 1.82) is 0 Å². The number of unbranched alkanes of at least 4 members (excludes halogenated alkanes) is 15. The molecule has 0 aliphatic rings. The van der Waals surface area contributed by atoms with E-state index in [4.69, 9.17) is 0 Å². The van der Waals surface area contributed by atoms with E-state index in [1.165, 1.54) is 101 Å². The van der Waals surface area contributed by atoms with E-state index in [0.29, 0.717) is 5.92 Å². The van der Waals surface area contributed by atoms with Crippen LogP contribution in [0.15, 0.2) is 0 Å². The Balaban J connectivity index is 3.07. The molecule has 2 nitrogen and oxygen atoms in total. The molecule has 1 N–H and O–H groups in total. The molecule has 0 aliphatic carbocycles. The van der Waals surface area contributed by atoms with Gasteiger partial charge in [0.25, 0.3) is 0 Å². The zero-order valence-electron chi connectivity index (χ0n) is 17.9. The Morgan fingerprint density at radius 3 is 1.28 bits per heavy atom. The van der Waals surface area contributed by atoms with Crippen molar-refractivity contribution in [2.24, 2.45) is 5.92 Å². The lowest BCUT2D eigenvalue weighted by molar-refractivity contribution is -0.0940. The molecule has 0 radical (unpaired) electrons. The topological polar surface area (TPSA) is 23.5 Å².